The Hall–Kier alpha value is -1.24. The largest absolute Gasteiger partial charge is 0.444 e. The fraction of sp³-hybridized carbons (Fsp3) is 0.682. The third-order valence-corrected chi connectivity index (χ3v) is 6.61. The average molecular weight is 408 g/mol. The average Bonchev–Trinajstić information content (AvgIpc) is 3.08. The molecule has 28 heavy (non-hydrogen) atoms. The Bertz CT molecular complexity index is 610. The lowest BCUT2D eigenvalue weighted by Crippen LogP contribution is -2.58. The molecule has 0 bridgehead atoms. The molecule has 1 aliphatic rings. The van der Waals surface area contributed by atoms with Gasteiger partial charge in [-0.05, 0) is 65.9 Å². The molecule has 1 aliphatic heterocycles. The van der Waals surface area contributed by atoms with Crippen molar-refractivity contribution >= 4 is 17.9 Å². The van der Waals surface area contributed by atoms with Crippen LogP contribution in [-0.4, -0.2) is 66.4 Å². The van der Waals surface area contributed by atoms with E-state index in [1.54, 1.807) is 0 Å². The van der Waals surface area contributed by atoms with E-state index in [1.165, 1.54) is 17.7 Å². The number of nitrogens with one attached hydrogen (secondary N) is 2. The van der Waals surface area contributed by atoms with Crippen LogP contribution >= 0.6 is 11.8 Å². The first-order valence-corrected chi connectivity index (χ1v) is 11.3. The lowest BCUT2D eigenvalue weighted by atomic mass is 9.94. The van der Waals surface area contributed by atoms with Crippen molar-refractivity contribution in [3.05, 3.63) is 35.9 Å². The van der Waals surface area contributed by atoms with E-state index in [0.717, 1.165) is 18.7 Å². The number of carbonyl (C=O) groups excluding carboxylic acids is 1. The number of benzene rings is 1. The van der Waals surface area contributed by atoms with E-state index < -0.39 is 5.60 Å². The Balaban J connectivity index is 2.06. The van der Waals surface area contributed by atoms with Crippen LogP contribution in [-0.2, 0) is 11.2 Å². The first kappa shape index (κ1) is 23.0. The fourth-order valence-electron chi connectivity index (χ4n) is 3.46. The number of ether oxygens (including phenoxy) is 1. The summed E-state index contributed by atoms with van der Waals surface area (Å²) < 4.78 is 5.46. The second-order valence-corrected chi connectivity index (χ2v) is 10.1. The van der Waals surface area contributed by atoms with Gasteiger partial charge in [-0.1, -0.05) is 30.3 Å². The van der Waals surface area contributed by atoms with Crippen LogP contribution in [0.25, 0.3) is 0 Å². The predicted molar refractivity (Wildman–Crippen MR) is 119 cm³/mol. The maximum atomic E-state index is 12.3. The van der Waals surface area contributed by atoms with Crippen LogP contribution in [0.1, 0.15) is 39.7 Å². The Labute approximate surface area is 175 Å². The molecule has 6 heteroatoms. The van der Waals surface area contributed by atoms with Gasteiger partial charge >= 0.3 is 6.09 Å². The van der Waals surface area contributed by atoms with Crippen molar-refractivity contribution in [1.82, 2.24) is 15.5 Å². The molecule has 2 rings (SSSR count). The number of hydrogen-bond acceptors (Lipinski definition) is 5. The van der Waals surface area contributed by atoms with Crippen molar-refractivity contribution in [3.63, 3.8) is 0 Å². The fourth-order valence-corrected chi connectivity index (χ4v) is 5.01. The van der Waals surface area contributed by atoms with Gasteiger partial charge in [0.05, 0.1) is 0 Å². The smallest absolute Gasteiger partial charge is 0.407 e. The monoisotopic (exact) mass is 407 g/mol. The zero-order valence-electron chi connectivity index (χ0n) is 18.2. The third-order valence-electron chi connectivity index (χ3n) is 5.37. The predicted octanol–water partition coefficient (Wildman–Crippen LogP) is 3.54. The Morgan fingerprint density at radius 3 is 2.50 bits per heavy atom. The molecule has 3 atom stereocenters. The zero-order valence-corrected chi connectivity index (χ0v) is 19.1. The van der Waals surface area contributed by atoms with Gasteiger partial charge in [0, 0.05) is 29.9 Å². The van der Waals surface area contributed by atoms with Crippen molar-refractivity contribution in [2.75, 3.05) is 32.1 Å². The lowest BCUT2D eigenvalue weighted by molar-refractivity contribution is 0.0495. The second kappa shape index (κ2) is 9.99. The van der Waals surface area contributed by atoms with Gasteiger partial charge in [0.15, 0.2) is 0 Å². The van der Waals surface area contributed by atoms with Gasteiger partial charge in [0.25, 0.3) is 0 Å². The molecule has 0 aliphatic carbocycles. The molecule has 2 N–H and O–H groups in total. The molecule has 0 radical (unpaired) electrons. The molecule has 3 unspecified atom stereocenters. The van der Waals surface area contributed by atoms with Crippen LogP contribution in [0.5, 0.6) is 0 Å². The minimum Gasteiger partial charge on any atom is -0.444 e. The standard InChI is InChI=1S/C22H37N3O2S/c1-17(24-20(26)27-21(2,3)4)19(14-18-10-8-7-9-11-18)23-15-22(25(5)6)12-13-28-16-22/h7-11,17,19,23H,12-16H2,1-6H3,(H,24,26). The van der Waals surface area contributed by atoms with Crippen LogP contribution in [0.2, 0.25) is 0 Å². The summed E-state index contributed by atoms with van der Waals surface area (Å²) in [5.41, 5.74) is 0.936. The van der Waals surface area contributed by atoms with Gasteiger partial charge in [-0.3, -0.25) is 0 Å². The topological polar surface area (TPSA) is 53.6 Å². The summed E-state index contributed by atoms with van der Waals surface area (Å²) in [6, 6.07) is 10.5. The molecule has 1 amide bonds. The maximum absolute atomic E-state index is 12.3. The van der Waals surface area contributed by atoms with Crippen molar-refractivity contribution in [3.8, 4) is 0 Å². The summed E-state index contributed by atoms with van der Waals surface area (Å²) in [7, 11) is 4.34. The van der Waals surface area contributed by atoms with Crippen LogP contribution in [0.4, 0.5) is 4.79 Å². The van der Waals surface area contributed by atoms with Crippen LogP contribution in [0.3, 0.4) is 0 Å². The summed E-state index contributed by atoms with van der Waals surface area (Å²) in [6.07, 6.45) is 1.68. The van der Waals surface area contributed by atoms with Crippen LogP contribution in [0, 0.1) is 0 Å². The molecule has 1 heterocycles. The maximum Gasteiger partial charge on any atom is 0.407 e. The summed E-state index contributed by atoms with van der Waals surface area (Å²) in [5.74, 6) is 2.34. The number of carbonyl (C=O) groups is 1. The number of thioether (sulfide) groups is 1. The van der Waals surface area contributed by atoms with E-state index in [4.69, 9.17) is 4.74 Å². The van der Waals surface area contributed by atoms with E-state index in [2.05, 4.69) is 60.8 Å². The van der Waals surface area contributed by atoms with Crippen molar-refractivity contribution in [2.45, 2.75) is 63.8 Å². The van der Waals surface area contributed by atoms with Gasteiger partial charge in [-0.2, -0.15) is 11.8 Å². The van der Waals surface area contributed by atoms with E-state index >= 15 is 0 Å². The molecule has 1 aromatic carbocycles. The number of amides is 1. The lowest BCUT2D eigenvalue weighted by Gasteiger charge is -2.38. The summed E-state index contributed by atoms with van der Waals surface area (Å²) in [6.45, 7) is 8.61. The molecular formula is C22H37N3O2S. The third kappa shape index (κ3) is 6.98. The highest BCUT2D eigenvalue weighted by molar-refractivity contribution is 7.99. The Morgan fingerprint density at radius 2 is 1.96 bits per heavy atom. The van der Waals surface area contributed by atoms with E-state index in [1.807, 2.05) is 38.6 Å². The molecule has 5 nitrogen and oxygen atoms in total. The van der Waals surface area contributed by atoms with Gasteiger partial charge in [-0.25, -0.2) is 4.79 Å². The highest BCUT2D eigenvalue weighted by Gasteiger charge is 2.37. The zero-order chi connectivity index (χ0) is 20.8. The summed E-state index contributed by atoms with van der Waals surface area (Å²) >= 11 is 2.02. The number of likely N-dealkylation sites (N-methyl/N-ethyl adjacent to an activating group) is 1. The minimum absolute atomic E-state index is 0.0525. The highest BCUT2D eigenvalue weighted by Crippen LogP contribution is 2.31. The molecule has 0 saturated carbocycles. The Kier molecular flexibility index (Phi) is 8.22. The van der Waals surface area contributed by atoms with Gasteiger partial charge in [0.1, 0.15) is 5.60 Å². The molecular weight excluding hydrogens is 370 g/mol. The highest BCUT2D eigenvalue weighted by atomic mass is 32.2. The van der Waals surface area contributed by atoms with Gasteiger partial charge in [0.2, 0.25) is 0 Å². The minimum atomic E-state index is -0.498. The van der Waals surface area contributed by atoms with E-state index in [0.29, 0.717) is 0 Å². The van der Waals surface area contributed by atoms with Gasteiger partial charge < -0.3 is 20.3 Å². The SMILES string of the molecule is CC(NC(=O)OC(C)(C)C)C(Cc1ccccc1)NCC1(N(C)C)CCSC1. The molecule has 0 aromatic heterocycles. The van der Waals surface area contributed by atoms with Crippen molar-refractivity contribution in [2.24, 2.45) is 0 Å². The van der Waals surface area contributed by atoms with Gasteiger partial charge in [-0.15, -0.1) is 0 Å². The number of rotatable bonds is 8. The normalized spacial score (nSPS) is 22.1. The molecule has 1 aromatic rings. The molecule has 1 fully saturated rings. The van der Waals surface area contributed by atoms with Crippen LogP contribution < -0.4 is 10.6 Å². The number of alkyl carbamates (subject to hydrolysis) is 1. The van der Waals surface area contributed by atoms with E-state index in [9.17, 15) is 4.79 Å². The summed E-state index contributed by atoms with van der Waals surface area (Å²) in [5, 5.41) is 6.81. The molecule has 0 spiro atoms. The molecule has 158 valence electrons. The van der Waals surface area contributed by atoms with Crippen molar-refractivity contribution < 1.29 is 9.53 Å². The molecule has 1 saturated heterocycles. The number of hydrogen-bond donors (Lipinski definition) is 2. The first-order valence-electron chi connectivity index (χ1n) is 10.1. The Morgan fingerprint density at radius 1 is 1.29 bits per heavy atom. The van der Waals surface area contributed by atoms with E-state index in [-0.39, 0.29) is 23.7 Å². The van der Waals surface area contributed by atoms with Crippen LogP contribution in [0.15, 0.2) is 30.3 Å². The summed E-state index contributed by atoms with van der Waals surface area (Å²) in [4.78, 5) is 14.6. The first-order chi connectivity index (χ1) is 13.1. The second-order valence-electron chi connectivity index (χ2n) is 9.03. The van der Waals surface area contributed by atoms with Crippen molar-refractivity contribution in [1.29, 1.82) is 0 Å². The number of nitrogens with zero attached hydrogens (tertiary/aromatic N) is 1. The quantitative estimate of drug-likeness (QED) is 0.690.